The predicted octanol–water partition coefficient (Wildman–Crippen LogP) is 2.78. The summed E-state index contributed by atoms with van der Waals surface area (Å²) in [5.41, 5.74) is 1.45. The smallest absolute Gasteiger partial charge is 0.323 e. The largest absolute Gasteiger partial charge is 0.480 e. The van der Waals surface area contributed by atoms with Gasteiger partial charge in [-0.3, -0.25) is 9.59 Å². The highest BCUT2D eigenvalue weighted by Gasteiger charge is 2.22. The van der Waals surface area contributed by atoms with Crippen LogP contribution >= 0.6 is 0 Å². The topological polar surface area (TPSA) is 79.7 Å². The minimum Gasteiger partial charge on any atom is -0.480 e. The quantitative estimate of drug-likeness (QED) is 0.788. The molecule has 0 radical (unpaired) electrons. The third-order valence-electron chi connectivity index (χ3n) is 4.45. The Balaban J connectivity index is 1.69. The van der Waals surface area contributed by atoms with Gasteiger partial charge in [0.15, 0.2) is 0 Å². The predicted molar refractivity (Wildman–Crippen MR) is 96.2 cm³/mol. The molecule has 2 aromatic rings. The Hall–Kier alpha value is -2.89. The standard InChI is InChI=1S/C20H22N2O4/c23-19(24)14-22(12-10-15-5-2-1-3-6-15)20(25)16-9-11-21-18(13-16)26-17-7-4-8-17/h1-3,5-6,9,11,13,17H,4,7-8,10,12,14H2,(H,23,24). The summed E-state index contributed by atoms with van der Waals surface area (Å²) in [6.45, 7) is -0.0108. The number of pyridine rings is 1. The van der Waals surface area contributed by atoms with E-state index in [2.05, 4.69) is 4.98 Å². The molecule has 6 nitrogen and oxygen atoms in total. The minimum absolute atomic E-state index is 0.168. The van der Waals surface area contributed by atoms with E-state index in [4.69, 9.17) is 9.84 Å². The first-order valence-electron chi connectivity index (χ1n) is 8.79. The molecule has 1 N–H and O–H groups in total. The average Bonchev–Trinajstić information content (AvgIpc) is 2.62. The van der Waals surface area contributed by atoms with Crippen LogP contribution in [0, 0.1) is 0 Å². The van der Waals surface area contributed by atoms with Gasteiger partial charge < -0.3 is 14.7 Å². The van der Waals surface area contributed by atoms with Crippen LogP contribution in [0.15, 0.2) is 48.7 Å². The first-order valence-corrected chi connectivity index (χ1v) is 8.79. The van der Waals surface area contributed by atoms with Crippen LogP contribution in [0.1, 0.15) is 35.2 Å². The number of ether oxygens (including phenoxy) is 1. The monoisotopic (exact) mass is 354 g/mol. The Kier molecular flexibility index (Phi) is 5.84. The summed E-state index contributed by atoms with van der Waals surface area (Å²) < 4.78 is 5.73. The highest BCUT2D eigenvalue weighted by molar-refractivity contribution is 5.96. The van der Waals surface area contributed by atoms with Gasteiger partial charge in [-0.1, -0.05) is 30.3 Å². The summed E-state index contributed by atoms with van der Waals surface area (Å²) in [5, 5.41) is 9.16. The maximum absolute atomic E-state index is 12.8. The zero-order valence-corrected chi connectivity index (χ0v) is 14.5. The SMILES string of the molecule is O=C(O)CN(CCc1ccccc1)C(=O)c1ccnc(OC2CCC2)c1. The first-order chi connectivity index (χ1) is 12.6. The maximum atomic E-state index is 12.8. The van der Waals surface area contributed by atoms with Gasteiger partial charge in [-0.05, 0) is 37.3 Å². The molecular formula is C20H22N2O4. The number of benzene rings is 1. The van der Waals surface area contributed by atoms with Gasteiger partial charge in [0, 0.05) is 24.4 Å². The van der Waals surface area contributed by atoms with Gasteiger partial charge in [0.2, 0.25) is 5.88 Å². The third-order valence-corrected chi connectivity index (χ3v) is 4.45. The lowest BCUT2D eigenvalue weighted by Crippen LogP contribution is -2.37. The van der Waals surface area contributed by atoms with Gasteiger partial charge in [-0.2, -0.15) is 0 Å². The van der Waals surface area contributed by atoms with Gasteiger partial charge in [-0.15, -0.1) is 0 Å². The van der Waals surface area contributed by atoms with Crippen molar-refractivity contribution in [1.82, 2.24) is 9.88 Å². The van der Waals surface area contributed by atoms with Crippen molar-refractivity contribution >= 4 is 11.9 Å². The summed E-state index contributed by atoms with van der Waals surface area (Å²) in [4.78, 5) is 29.5. The zero-order chi connectivity index (χ0) is 18.4. The number of hydrogen-bond acceptors (Lipinski definition) is 4. The van der Waals surface area contributed by atoms with Crippen molar-refractivity contribution in [3.8, 4) is 5.88 Å². The molecule has 1 saturated carbocycles. The Labute approximate surface area is 152 Å². The molecule has 3 rings (SSSR count). The van der Waals surface area contributed by atoms with Gasteiger partial charge in [0.1, 0.15) is 12.6 Å². The molecule has 1 amide bonds. The molecule has 0 unspecified atom stereocenters. The fourth-order valence-electron chi connectivity index (χ4n) is 2.77. The maximum Gasteiger partial charge on any atom is 0.323 e. The summed E-state index contributed by atoms with van der Waals surface area (Å²) in [7, 11) is 0. The number of carbonyl (C=O) groups excluding carboxylic acids is 1. The average molecular weight is 354 g/mol. The number of carboxylic acid groups (broad SMARTS) is 1. The van der Waals surface area contributed by atoms with E-state index in [-0.39, 0.29) is 18.6 Å². The number of carboxylic acids is 1. The molecule has 1 heterocycles. The van der Waals surface area contributed by atoms with E-state index in [1.165, 1.54) is 11.1 Å². The number of aromatic nitrogens is 1. The van der Waals surface area contributed by atoms with Crippen LogP contribution in [-0.2, 0) is 11.2 Å². The first kappa shape index (κ1) is 17.9. The molecule has 1 fully saturated rings. The Morgan fingerprint density at radius 2 is 1.96 bits per heavy atom. The summed E-state index contributed by atoms with van der Waals surface area (Å²) >= 11 is 0. The van der Waals surface area contributed by atoms with Crippen molar-refractivity contribution in [2.24, 2.45) is 0 Å². The number of rotatable bonds is 8. The van der Waals surface area contributed by atoms with Gasteiger partial charge in [0.05, 0.1) is 0 Å². The molecule has 0 saturated heterocycles. The Morgan fingerprint density at radius 1 is 1.19 bits per heavy atom. The Morgan fingerprint density at radius 3 is 2.62 bits per heavy atom. The summed E-state index contributed by atoms with van der Waals surface area (Å²) in [5.74, 6) is -0.950. The van der Waals surface area contributed by atoms with Crippen LogP contribution in [0.3, 0.4) is 0 Å². The third kappa shape index (κ3) is 4.81. The molecule has 1 aromatic carbocycles. The van der Waals surface area contributed by atoms with Gasteiger partial charge in [0.25, 0.3) is 5.91 Å². The number of amides is 1. The van der Waals surface area contributed by atoms with Crippen molar-refractivity contribution < 1.29 is 19.4 Å². The lowest BCUT2D eigenvalue weighted by Gasteiger charge is -2.26. The van der Waals surface area contributed by atoms with Crippen LogP contribution in [0.4, 0.5) is 0 Å². The second-order valence-corrected chi connectivity index (χ2v) is 6.41. The molecule has 136 valence electrons. The zero-order valence-electron chi connectivity index (χ0n) is 14.5. The van der Waals surface area contributed by atoms with Crippen molar-refractivity contribution in [2.75, 3.05) is 13.1 Å². The molecule has 0 aliphatic heterocycles. The minimum atomic E-state index is -1.04. The molecule has 1 aliphatic carbocycles. The summed E-state index contributed by atoms with van der Waals surface area (Å²) in [6, 6.07) is 12.9. The van der Waals surface area contributed by atoms with Crippen molar-refractivity contribution in [2.45, 2.75) is 31.8 Å². The normalized spacial score (nSPS) is 13.7. The molecule has 0 spiro atoms. The van der Waals surface area contributed by atoms with E-state index >= 15 is 0 Å². The van der Waals surface area contributed by atoms with E-state index in [0.29, 0.717) is 24.4 Å². The van der Waals surface area contributed by atoms with Crippen molar-refractivity contribution in [3.05, 3.63) is 59.8 Å². The molecule has 6 heteroatoms. The molecule has 0 atom stereocenters. The van der Waals surface area contributed by atoms with E-state index in [1.807, 2.05) is 30.3 Å². The molecule has 26 heavy (non-hydrogen) atoms. The van der Waals surface area contributed by atoms with Crippen LogP contribution < -0.4 is 4.74 Å². The molecule has 1 aromatic heterocycles. The fourth-order valence-corrected chi connectivity index (χ4v) is 2.77. The van der Waals surface area contributed by atoms with Gasteiger partial charge in [-0.25, -0.2) is 4.98 Å². The molecule has 0 bridgehead atoms. The lowest BCUT2D eigenvalue weighted by molar-refractivity contribution is -0.137. The fraction of sp³-hybridized carbons (Fsp3) is 0.350. The van der Waals surface area contributed by atoms with Crippen LogP contribution in [0.25, 0.3) is 0 Å². The second-order valence-electron chi connectivity index (χ2n) is 6.41. The Bertz CT molecular complexity index is 759. The van der Waals surface area contributed by atoms with E-state index in [0.717, 1.165) is 24.8 Å². The number of nitrogens with zero attached hydrogens (tertiary/aromatic N) is 2. The van der Waals surface area contributed by atoms with Crippen molar-refractivity contribution in [1.29, 1.82) is 0 Å². The van der Waals surface area contributed by atoms with Crippen molar-refractivity contribution in [3.63, 3.8) is 0 Å². The van der Waals surface area contributed by atoms with Crippen LogP contribution in [0.2, 0.25) is 0 Å². The number of hydrogen-bond donors (Lipinski definition) is 1. The lowest BCUT2D eigenvalue weighted by atomic mass is 9.96. The van der Waals surface area contributed by atoms with E-state index < -0.39 is 5.97 Å². The highest BCUT2D eigenvalue weighted by Crippen LogP contribution is 2.24. The second kappa shape index (κ2) is 8.47. The number of aliphatic carboxylic acids is 1. The molecular weight excluding hydrogens is 332 g/mol. The molecule has 1 aliphatic rings. The highest BCUT2D eigenvalue weighted by atomic mass is 16.5. The summed E-state index contributed by atoms with van der Waals surface area (Å²) in [6.07, 6.45) is 5.44. The van der Waals surface area contributed by atoms with Crippen LogP contribution in [0.5, 0.6) is 5.88 Å². The van der Waals surface area contributed by atoms with Crippen LogP contribution in [-0.4, -0.2) is 46.1 Å². The number of carbonyl (C=O) groups is 2. The van der Waals surface area contributed by atoms with E-state index in [9.17, 15) is 9.59 Å². The van der Waals surface area contributed by atoms with Gasteiger partial charge >= 0.3 is 5.97 Å². The van der Waals surface area contributed by atoms with E-state index in [1.54, 1.807) is 12.1 Å².